The zero-order chi connectivity index (χ0) is 20.9. The summed E-state index contributed by atoms with van der Waals surface area (Å²) in [6, 6.07) is 17.7. The summed E-state index contributed by atoms with van der Waals surface area (Å²) in [6.45, 7) is 1.60. The third kappa shape index (κ3) is 4.52. The zero-order valence-electron chi connectivity index (χ0n) is 17.3. The van der Waals surface area contributed by atoms with Gasteiger partial charge in [0.25, 0.3) is 0 Å². The summed E-state index contributed by atoms with van der Waals surface area (Å²) in [4.78, 5) is 19.6. The van der Waals surface area contributed by atoms with Crippen molar-refractivity contribution in [2.75, 3.05) is 27.2 Å². The lowest BCUT2D eigenvalue weighted by Crippen LogP contribution is -2.40. The average molecular weight is 406 g/mol. The summed E-state index contributed by atoms with van der Waals surface area (Å²) in [5, 5.41) is 10.7. The Morgan fingerprint density at radius 3 is 2.73 bits per heavy atom. The molecule has 1 amide bonds. The molecule has 1 saturated heterocycles. The van der Waals surface area contributed by atoms with Gasteiger partial charge in [0.1, 0.15) is 11.6 Å². The molecule has 1 fully saturated rings. The van der Waals surface area contributed by atoms with E-state index in [0.717, 1.165) is 35.8 Å². The minimum absolute atomic E-state index is 0.00302. The van der Waals surface area contributed by atoms with Crippen LogP contribution in [-0.2, 0) is 11.2 Å². The largest absolute Gasteiger partial charge is 0.496 e. The first-order valence-electron chi connectivity index (χ1n) is 10.2. The topological polar surface area (TPSA) is 83.1 Å². The standard InChI is InChI=1S/C23H27N5O2/c1-28-14-18(23-25-22(26-27-23)17-9-4-3-5-10-17)19(15-28)24-21(29)13-12-16-8-6-7-11-20(16)30-2/h3-11,18-19H,12-15H2,1-2H3,(H,24,29)(H,25,26,27)/t18-,19-/m1/s1. The van der Waals surface area contributed by atoms with E-state index in [2.05, 4.69) is 27.5 Å². The quantitative estimate of drug-likeness (QED) is 0.631. The molecule has 2 atom stereocenters. The average Bonchev–Trinajstić information content (AvgIpc) is 3.39. The lowest BCUT2D eigenvalue weighted by Gasteiger charge is -2.18. The van der Waals surface area contributed by atoms with E-state index in [9.17, 15) is 4.79 Å². The van der Waals surface area contributed by atoms with Crippen LogP contribution in [0.2, 0.25) is 0 Å². The van der Waals surface area contributed by atoms with Crippen molar-refractivity contribution in [1.82, 2.24) is 25.4 Å². The van der Waals surface area contributed by atoms with Gasteiger partial charge >= 0.3 is 0 Å². The SMILES string of the molecule is COc1ccccc1CCC(=O)N[C@@H]1CN(C)C[C@H]1c1nc(-c2ccccc2)n[nH]1. The summed E-state index contributed by atoms with van der Waals surface area (Å²) < 4.78 is 5.38. The van der Waals surface area contributed by atoms with E-state index in [0.29, 0.717) is 18.7 Å². The van der Waals surface area contributed by atoms with E-state index in [-0.39, 0.29) is 17.9 Å². The number of amides is 1. The third-order valence-electron chi connectivity index (χ3n) is 5.55. The molecule has 0 unspecified atom stereocenters. The Hall–Kier alpha value is -3.19. The molecule has 0 bridgehead atoms. The maximum atomic E-state index is 12.7. The summed E-state index contributed by atoms with van der Waals surface area (Å²) in [5.74, 6) is 2.43. The number of methoxy groups -OCH3 is 1. The van der Waals surface area contributed by atoms with Crippen molar-refractivity contribution in [3.05, 3.63) is 66.0 Å². The van der Waals surface area contributed by atoms with E-state index in [1.54, 1.807) is 7.11 Å². The number of nitrogens with zero attached hydrogens (tertiary/aromatic N) is 3. The van der Waals surface area contributed by atoms with Crippen molar-refractivity contribution >= 4 is 5.91 Å². The van der Waals surface area contributed by atoms with Crippen LogP contribution in [0.1, 0.15) is 23.7 Å². The van der Waals surface area contributed by atoms with Gasteiger partial charge in [-0.1, -0.05) is 48.5 Å². The van der Waals surface area contributed by atoms with Gasteiger partial charge < -0.3 is 15.0 Å². The first-order chi connectivity index (χ1) is 14.6. The number of carbonyl (C=O) groups is 1. The molecule has 0 saturated carbocycles. The molecular weight excluding hydrogens is 378 g/mol. The number of hydrogen-bond donors (Lipinski definition) is 2. The monoisotopic (exact) mass is 405 g/mol. The number of likely N-dealkylation sites (tertiary alicyclic amines) is 1. The third-order valence-corrected chi connectivity index (χ3v) is 5.55. The maximum absolute atomic E-state index is 12.7. The molecule has 2 N–H and O–H groups in total. The second-order valence-electron chi connectivity index (χ2n) is 7.72. The van der Waals surface area contributed by atoms with Gasteiger partial charge in [0.2, 0.25) is 5.91 Å². The number of likely N-dealkylation sites (N-methyl/N-ethyl adjacent to an activating group) is 1. The molecule has 4 rings (SSSR count). The Balaban J connectivity index is 1.41. The fraction of sp³-hybridized carbons (Fsp3) is 0.348. The number of ether oxygens (including phenoxy) is 1. The van der Waals surface area contributed by atoms with Gasteiger partial charge in [-0.25, -0.2) is 4.98 Å². The van der Waals surface area contributed by atoms with Gasteiger partial charge in [-0.05, 0) is 25.1 Å². The number of carbonyl (C=O) groups excluding carboxylic acids is 1. The van der Waals surface area contributed by atoms with E-state index in [1.165, 1.54) is 0 Å². The number of aromatic nitrogens is 3. The molecule has 0 radical (unpaired) electrons. The fourth-order valence-corrected chi connectivity index (χ4v) is 4.02. The lowest BCUT2D eigenvalue weighted by molar-refractivity contribution is -0.121. The summed E-state index contributed by atoms with van der Waals surface area (Å²) in [5.41, 5.74) is 2.02. The highest BCUT2D eigenvalue weighted by Gasteiger charge is 2.35. The van der Waals surface area contributed by atoms with Crippen LogP contribution >= 0.6 is 0 Å². The van der Waals surface area contributed by atoms with Crippen molar-refractivity contribution < 1.29 is 9.53 Å². The summed E-state index contributed by atoms with van der Waals surface area (Å²) in [7, 11) is 3.71. The van der Waals surface area contributed by atoms with Gasteiger partial charge in [-0.2, -0.15) is 5.10 Å². The Bertz CT molecular complexity index is 988. The second kappa shape index (κ2) is 9.09. The van der Waals surface area contributed by atoms with Crippen LogP contribution in [0.25, 0.3) is 11.4 Å². The van der Waals surface area contributed by atoms with Crippen LogP contribution in [0.15, 0.2) is 54.6 Å². The number of H-pyrrole nitrogens is 1. The molecule has 1 aliphatic rings. The first kappa shape index (κ1) is 20.1. The van der Waals surface area contributed by atoms with Gasteiger partial charge in [0.05, 0.1) is 19.1 Å². The molecule has 7 heteroatoms. The van der Waals surface area contributed by atoms with Crippen molar-refractivity contribution in [2.45, 2.75) is 24.8 Å². The van der Waals surface area contributed by atoms with E-state index in [1.807, 2.05) is 54.6 Å². The number of hydrogen-bond acceptors (Lipinski definition) is 5. The molecule has 0 aliphatic carbocycles. The van der Waals surface area contributed by atoms with Crippen LogP contribution < -0.4 is 10.1 Å². The molecule has 0 spiro atoms. The smallest absolute Gasteiger partial charge is 0.220 e. The molecule has 30 heavy (non-hydrogen) atoms. The van der Waals surface area contributed by atoms with Crippen LogP contribution in [0, 0.1) is 0 Å². The zero-order valence-corrected chi connectivity index (χ0v) is 17.3. The number of benzene rings is 2. The highest BCUT2D eigenvalue weighted by atomic mass is 16.5. The Kier molecular flexibility index (Phi) is 6.09. The van der Waals surface area contributed by atoms with E-state index >= 15 is 0 Å². The Labute approximate surface area is 176 Å². The van der Waals surface area contributed by atoms with Crippen molar-refractivity contribution in [1.29, 1.82) is 0 Å². The number of rotatable bonds is 7. The van der Waals surface area contributed by atoms with Gasteiger partial charge in [-0.3, -0.25) is 9.89 Å². The normalized spacial score (nSPS) is 19.0. The van der Waals surface area contributed by atoms with Crippen LogP contribution in [0.3, 0.4) is 0 Å². The lowest BCUT2D eigenvalue weighted by atomic mass is 10.0. The maximum Gasteiger partial charge on any atom is 0.220 e. The number of para-hydroxylation sites is 1. The minimum atomic E-state index is -0.00302. The first-order valence-corrected chi connectivity index (χ1v) is 10.2. The van der Waals surface area contributed by atoms with Crippen LogP contribution in [0.4, 0.5) is 0 Å². The molecule has 7 nitrogen and oxygen atoms in total. The highest BCUT2D eigenvalue weighted by molar-refractivity contribution is 5.76. The highest BCUT2D eigenvalue weighted by Crippen LogP contribution is 2.26. The Morgan fingerprint density at radius 1 is 1.17 bits per heavy atom. The van der Waals surface area contributed by atoms with Gasteiger partial charge in [-0.15, -0.1) is 0 Å². The van der Waals surface area contributed by atoms with Gasteiger partial charge in [0.15, 0.2) is 5.82 Å². The second-order valence-corrected chi connectivity index (χ2v) is 7.72. The van der Waals surface area contributed by atoms with Crippen molar-refractivity contribution in [3.63, 3.8) is 0 Å². The molecular formula is C23H27N5O2. The van der Waals surface area contributed by atoms with Crippen molar-refractivity contribution in [2.24, 2.45) is 0 Å². The van der Waals surface area contributed by atoms with Crippen molar-refractivity contribution in [3.8, 4) is 17.1 Å². The minimum Gasteiger partial charge on any atom is -0.496 e. The summed E-state index contributed by atoms with van der Waals surface area (Å²) in [6.07, 6.45) is 1.06. The molecule has 2 aromatic carbocycles. The van der Waals surface area contributed by atoms with Crippen LogP contribution in [0.5, 0.6) is 5.75 Å². The van der Waals surface area contributed by atoms with E-state index < -0.39 is 0 Å². The summed E-state index contributed by atoms with van der Waals surface area (Å²) >= 11 is 0. The molecule has 156 valence electrons. The fourth-order valence-electron chi connectivity index (χ4n) is 4.02. The molecule has 3 aromatic rings. The predicted octanol–water partition coefficient (Wildman–Crippen LogP) is 2.63. The molecule has 1 aliphatic heterocycles. The number of aryl methyl sites for hydroxylation is 1. The van der Waals surface area contributed by atoms with E-state index in [4.69, 9.17) is 9.72 Å². The predicted molar refractivity (Wildman–Crippen MR) is 115 cm³/mol. The number of nitrogens with one attached hydrogen (secondary N) is 2. The van der Waals surface area contributed by atoms with Crippen LogP contribution in [-0.4, -0.2) is 59.3 Å². The van der Waals surface area contributed by atoms with Gasteiger partial charge in [0, 0.05) is 25.1 Å². The Morgan fingerprint density at radius 2 is 1.93 bits per heavy atom. The number of aromatic amines is 1. The molecule has 1 aromatic heterocycles. The molecule has 2 heterocycles.